The lowest BCUT2D eigenvalue weighted by Gasteiger charge is -1.93. The van der Waals surface area contributed by atoms with E-state index in [0.29, 0.717) is 27.3 Å². The third-order valence-electron chi connectivity index (χ3n) is 2.18. The average Bonchev–Trinajstić information content (AvgIpc) is 2.69. The molecule has 0 amide bonds. The molecule has 1 N–H and O–H groups in total. The summed E-state index contributed by atoms with van der Waals surface area (Å²) in [5, 5.41) is 0. The number of rotatable bonds is 2. The highest BCUT2D eigenvalue weighted by atomic mass is 32.1. The van der Waals surface area contributed by atoms with Gasteiger partial charge in [0.25, 0.3) is 5.56 Å². The number of carbonyl (C=O) groups is 1. The Labute approximate surface area is 95.1 Å². The van der Waals surface area contributed by atoms with E-state index in [9.17, 15) is 9.59 Å². The predicted octanol–water partition coefficient (Wildman–Crippen LogP) is 1.33. The second-order valence-electron chi connectivity index (χ2n) is 3.19. The number of methoxy groups -OCH3 is 1. The number of aromatic nitrogens is 2. The lowest BCUT2D eigenvalue weighted by molar-refractivity contribution is 0.0606. The van der Waals surface area contributed by atoms with Crippen LogP contribution in [0.2, 0.25) is 0 Å². The third kappa shape index (κ3) is 1.71. The highest BCUT2D eigenvalue weighted by molar-refractivity contribution is 7.20. The van der Waals surface area contributed by atoms with Gasteiger partial charge in [0.1, 0.15) is 15.4 Å². The van der Waals surface area contributed by atoms with Crippen LogP contribution in [0.4, 0.5) is 0 Å². The van der Waals surface area contributed by atoms with Crippen molar-refractivity contribution in [2.75, 3.05) is 7.11 Å². The van der Waals surface area contributed by atoms with Gasteiger partial charge in [-0.3, -0.25) is 4.79 Å². The molecular formula is C10H10N2O3S. The molecule has 0 bridgehead atoms. The van der Waals surface area contributed by atoms with E-state index < -0.39 is 5.97 Å². The van der Waals surface area contributed by atoms with Crippen LogP contribution in [0.15, 0.2) is 10.9 Å². The van der Waals surface area contributed by atoms with Crippen molar-refractivity contribution in [3.05, 3.63) is 27.0 Å². The smallest absolute Gasteiger partial charge is 0.348 e. The average molecular weight is 238 g/mol. The summed E-state index contributed by atoms with van der Waals surface area (Å²) in [4.78, 5) is 30.8. The Balaban J connectivity index is 2.62. The SMILES string of the molecule is CCc1nc2sc(C(=O)OC)cc2[nH]c1=O. The molecule has 2 aromatic heterocycles. The van der Waals surface area contributed by atoms with Crippen molar-refractivity contribution >= 4 is 27.7 Å². The first-order valence-corrected chi connectivity index (χ1v) is 5.58. The summed E-state index contributed by atoms with van der Waals surface area (Å²) in [5.41, 5.74) is 0.850. The molecule has 0 aliphatic carbocycles. The quantitative estimate of drug-likeness (QED) is 0.801. The van der Waals surface area contributed by atoms with Gasteiger partial charge in [-0.15, -0.1) is 11.3 Å². The number of nitrogens with zero attached hydrogens (tertiary/aromatic N) is 1. The number of ether oxygens (including phenoxy) is 1. The Morgan fingerprint density at radius 3 is 3.00 bits per heavy atom. The standard InChI is InChI=1S/C10H10N2O3S/c1-3-5-8(13)11-6-4-7(10(14)15-2)16-9(6)12-5/h4H,3H2,1-2H3,(H,11,13). The Hall–Kier alpha value is -1.69. The van der Waals surface area contributed by atoms with Crippen LogP contribution >= 0.6 is 11.3 Å². The summed E-state index contributed by atoms with van der Waals surface area (Å²) < 4.78 is 4.60. The van der Waals surface area contributed by atoms with E-state index in [1.807, 2.05) is 6.92 Å². The van der Waals surface area contributed by atoms with Crippen molar-refractivity contribution in [2.45, 2.75) is 13.3 Å². The van der Waals surface area contributed by atoms with Gasteiger partial charge in [0.05, 0.1) is 12.6 Å². The molecule has 5 nitrogen and oxygen atoms in total. The molecule has 2 aromatic rings. The molecule has 0 radical (unpaired) electrons. The number of aryl methyl sites for hydroxylation is 1. The molecule has 0 saturated carbocycles. The molecule has 2 heterocycles. The van der Waals surface area contributed by atoms with E-state index in [1.54, 1.807) is 6.07 Å². The fraction of sp³-hybridized carbons (Fsp3) is 0.300. The predicted molar refractivity (Wildman–Crippen MR) is 61.0 cm³/mol. The lowest BCUT2D eigenvalue weighted by Crippen LogP contribution is -2.13. The molecule has 0 aromatic carbocycles. The number of carbonyl (C=O) groups excluding carboxylic acids is 1. The van der Waals surface area contributed by atoms with Gasteiger partial charge in [0, 0.05) is 0 Å². The number of aromatic amines is 1. The van der Waals surface area contributed by atoms with Crippen LogP contribution in [0.3, 0.4) is 0 Å². The normalized spacial score (nSPS) is 10.6. The maximum atomic E-state index is 11.5. The molecule has 0 unspecified atom stereocenters. The van der Waals surface area contributed by atoms with Crippen molar-refractivity contribution in [3.63, 3.8) is 0 Å². The minimum absolute atomic E-state index is 0.204. The van der Waals surface area contributed by atoms with Gasteiger partial charge in [-0.2, -0.15) is 0 Å². The number of thiophene rings is 1. The summed E-state index contributed by atoms with van der Waals surface area (Å²) in [6.45, 7) is 1.86. The Morgan fingerprint density at radius 2 is 2.38 bits per heavy atom. The number of H-pyrrole nitrogens is 1. The second kappa shape index (κ2) is 4.05. The Morgan fingerprint density at radius 1 is 1.62 bits per heavy atom. The summed E-state index contributed by atoms with van der Waals surface area (Å²) in [7, 11) is 1.32. The third-order valence-corrected chi connectivity index (χ3v) is 3.19. The number of hydrogen-bond donors (Lipinski definition) is 1. The molecule has 6 heteroatoms. The molecule has 0 atom stereocenters. The fourth-order valence-electron chi connectivity index (χ4n) is 1.36. The van der Waals surface area contributed by atoms with Crippen LogP contribution in [0.5, 0.6) is 0 Å². The maximum Gasteiger partial charge on any atom is 0.348 e. The Bertz CT molecular complexity index is 600. The topological polar surface area (TPSA) is 72.0 Å². The first-order chi connectivity index (χ1) is 7.65. The van der Waals surface area contributed by atoms with Gasteiger partial charge in [0.15, 0.2) is 0 Å². The summed E-state index contributed by atoms with van der Waals surface area (Å²) >= 11 is 1.21. The van der Waals surface area contributed by atoms with E-state index in [-0.39, 0.29) is 5.56 Å². The number of esters is 1. The fourth-order valence-corrected chi connectivity index (χ4v) is 2.29. The lowest BCUT2D eigenvalue weighted by atomic mass is 10.3. The zero-order chi connectivity index (χ0) is 11.7. The maximum absolute atomic E-state index is 11.5. The van der Waals surface area contributed by atoms with E-state index >= 15 is 0 Å². The van der Waals surface area contributed by atoms with Crippen molar-refractivity contribution in [1.29, 1.82) is 0 Å². The van der Waals surface area contributed by atoms with Crippen LogP contribution in [0, 0.1) is 0 Å². The number of hydrogen-bond acceptors (Lipinski definition) is 5. The molecule has 0 aliphatic heterocycles. The summed E-state index contributed by atoms with van der Waals surface area (Å²) in [6, 6.07) is 1.58. The van der Waals surface area contributed by atoms with Crippen LogP contribution in [0.1, 0.15) is 22.3 Å². The van der Waals surface area contributed by atoms with Gasteiger partial charge in [-0.25, -0.2) is 9.78 Å². The molecule has 16 heavy (non-hydrogen) atoms. The molecule has 0 aliphatic rings. The number of fused-ring (bicyclic) bond motifs is 1. The number of nitrogens with one attached hydrogen (secondary N) is 1. The minimum Gasteiger partial charge on any atom is -0.465 e. The zero-order valence-corrected chi connectivity index (χ0v) is 9.68. The van der Waals surface area contributed by atoms with Gasteiger partial charge in [-0.1, -0.05) is 6.92 Å². The molecular weight excluding hydrogens is 228 g/mol. The molecule has 2 rings (SSSR count). The summed E-state index contributed by atoms with van der Waals surface area (Å²) in [6.07, 6.45) is 0.566. The van der Waals surface area contributed by atoms with E-state index in [0.717, 1.165) is 0 Å². The molecule has 0 saturated heterocycles. The monoisotopic (exact) mass is 238 g/mol. The minimum atomic E-state index is -0.415. The van der Waals surface area contributed by atoms with Crippen molar-refractivity contribution in [3.8, 4) is 0 Å². The molecule has 0 fully saturated rings. The first kappa shape index (κ1) is 10.8. The Kier molecular flexibility index (Phi) is 2.74. The van der Waals surface area contributed by atoms with Crippen LogP contribution in [0.25, 0.3) is 10.3 Å². The first-order valence-electron chi connectivity index (χ1n) is 4.76. The van der Waals surface area contributed by atoms with Gasteiger partial charge in [0.2, 0.25) is 0 Å². The highest BCUT2D eigenvalue weighted by Gasteiger charge is 2.12. The van der Waals surface area contributed by atoms with Crippen molar-refractivity contribution < 1.29 is 9.53 Å². The van der Waals surface area contributed by atoms with Crippen molar-refractivity contribution in [2.24, 2.45) is 0 Å². The largest absolute Gasteiger partial charge is 0.465 e. The van der Waals surface area contributed by atoms with E-state index in [1.165, 1.54) is 18.4 Å². The van der Waals surface area contributed by atoms with Crippen LogP contribution in [-0.2, 0) is 11.2 Å². The summed E-state index contributed by atoms with van der Waals surface area (Å²) in [5.74, 6) is -0.415. The van der Waals surface area contributed by atoms with Gasteiger partial charge < -0.3 is 9.72 Å². The second-order valence-corrected chi connectivity index (χ2v) is 4.22. The van der Waals surface area contributed by atoms with Gasteiger partial charge >= 0.3 is 5.97 Å². The van der Waals surface area contributed by atoms with Crippen LogP contribution in [-0.4, -0.2) is 23.0 Å². The molecule has 84 valence electrons. The molecule has 0 spiro atoms. The van der Waals surface area contributed by atoms with Crippen molar-refractivity contribution in [1.82, 2.24) is 9.97 Å². The van der Waals surface area contributed by atoms with Crippen LogP contribution < -0.4 is 5.56 Å². The van der Waals surface area contributed by atoms with E-state index in [4.69, 9.17) is 0 Å². The van der Waals surface area contributed by atoms with Gasteiger partial charge in [-0.05, 0) is 12.5 Å². The zero-order valence-electron chi connectivity index (χ0n) is 8.86. The van der Waals surface area contributed by atoms with E-state index in [2.05, 4.69) is 14.7 Å². The highest BCUT2D eigenvalue weighted by Crippen LogP contribution is 2.21.